The number of fused-ring (bicyclic) bond motifs is 1. The van der Waals surface area contributed by atoms with Gasteiger partial charge in [0.1, 0.15) is 12.2 Å². The number of pyridine rings is 1. The van der Waals surface area contributed by atoms with Gasteiger partial charge in [0.2, 0.25) is 5.91 Å². The first-order chi connectivity index (χ1) is 12.7. The first kappa shape index (κ1) is 15.8. The number of para-hydroxylation sites is 2. The molecule has 1 aromatic carbocycles. The van der Waals surface area contributed by atoms with Crippen molar-refractivity contribution in [1.29, 1.82) is 0 Å². The largest absolute Gasteiger partial charge is 0.420 e. The van der Waals surface area contributed by atoms with E-state index in [1.54, 1.807) is 59.7 Å². The SMILES string of the molecule is O=C(Cn1c(=O)oc2ccccc21)NCc1cn(-c2ccncc2)nn1. The van der Waals surface area contributed by atoms with E-state index in [0.29, 0.717) is 16.8 Å². The summed E-state index contributed by atoms with van der Waals surface area (Å²) in [6, 6.07) is 10.6. The van der Waals surface area contributed by atoms with E-state index in [2.05, 4.69) is 20.6 Å². The quantitative estimate of drug-likeness (QED) is 0.573. The number of amides is 1. The molecule has 0 spiro atoms. The molecule has 130 valence electrons. The molecule has 4 rings (SSSR count). The molecule has 3 aromatic heterocycles. The summed E-state index contributed by atoms with van der Waals surface area (Å²) in [4.78, 5) is 28.0. The Hall–Kier alpha value is -3.75. The highest BCUT2D eigenvalue weighted by atomic mass is 16.4. The highest BCUT2D eigenvalue weighted by molar-refractivity contribution is 5.79. The summed E-state index contributed by atoms with van der Waals surface area (Å²) in [5.41, 5.74) is 2.45. The van der Waals surface area contributed by atoms with Gasteiger partial charge in [0.25, 0.3) is 0 Å². The third kappa shape index (κ3) is 3.09. The molecule has 9 heteroatoms. The Morgan fingerprint density at radius 2 is 1.96 bits per heavy atom. The van der Waals surface area contributed by atoms with Crippen molar-refractivity contribution in [3.63, 3.8) is 0 Å². The van der Waals surface area contributed by atoms with Crippen LogP contribution < -0.4 is 11.1 Å². The predicted molar refractivity (Wildman–Crippen MR) is 91.5 cm³/mol. The van der Waals surface area contributed by atoms with Crippen molar-refractivity contribution in [2.45, 2.75) is 13.1 Å². The summed E-state index contributed by atoms with van der Waals surface area (Å²) in [7, 11) is 0. The average molecular weight is 350 g/mol. The number of nitrogens with one attached hydrogen (secondary N) is 1. The van der Waals surface area contributed by atoms with Gasteiger partial charge in [-0.1, -0.05) is 17.3 Å². The maximum Gasteiger partial charge on any atom is 0.420 e. The second-order valence-corrected chi connectivity index (χ2v) is 5.56. The molecular weight excluding hydrogens is 336 g/mol. The highest BCUT2D eigenvalue weighted by Gasteiger charge is 2.12. The van der Waals surface area contributed by atoms with Crippen LogP contribution in [0.25, 0.3) is 16.8 Å². The Morgan fingerprint density at radius 3 is 2.81 bits per heavy atom. The molecular formula is C17H14N6O3. The Bertz CT molecular complexity index is 1110. The lowest BCUT2D eigenvalue weighted by Crippen LogP contribution is -2.30. The summed E-state index contributed by atoms with van der Waals surface area (Å²) >= 11 is 0. The van der Waals surface area contributed by atoms with Crippen LogP contribution in [0.3, 0.4) is 0 Å². The van der Waals surface area contributed by atoms with Crippen molar-refractivity contribution < 1.29 is 9.21 Å². The van der Waals surface area contributed by atoms with Crippen LogP contribution in [0.4, 0.5) is 0 Å². The molecule has 0 saturated heterocycles. The predicted octanol–water partition coefficient (Wildman–Crippen LogP) is 0.887. The number of rotatable bonds is 5. The van der Waals surface area contributed by atoms with Crippen molar-refractivity contribution >= 4 is 17.0 Å². The number of hydrogen-bond acceptors (Lipinski definition) is 6. The third-order valence-corrected chi connectivity index (χ3v) is 3.81. The summed E-state index contributed by atoms with van der Waals surface area (Å²) in [5.74, 6) is -0.887. The Labute approximate surface area is 146 Å². The van der Waals surface area contributed by atoms with E-state index < -0.39 is 5.76 Å². The molecule has 1 amide bonds. The van der Waals surface area contributed by atoms with Gasteiger partial charge in [0.15, 0.2) is 5.58 Å². The van der Waals surface area contributed by atoms with Gasteiger partial charge >= 0.3 is 5.76 Å². The molecule has 0 atom stereocenters. The first-order valence-electron chi connectivity index (χ1n) is 7.87. The number of nitrogens with zero attached hydrogens (tertiary/aromatic N) is 5. The standard InChI is InChI=1S/C17H14N6O3/c24-16(11-22-14-3-1-2-4-15(14)26-17(22)25)19-9-12-10-23(21-20-12)13-5-7-18-8-6-13/h1-8,10H,9,11H2,(H,19,24). The molecule has 0 unspecified atom stereocenters. The fourth-order valence-electron chi connectivity index (χ4n) is 2.55. The van der Waals surface area contributed by atoms with Crippen molar-refractivity contribution in [2.24, 2.45) is 0 Å². The maximum absolute atomic E-state index is 12.2. The molecule has 9 nitrogen and oxygen atoms in total. The lowest BCUT2D eigenvalue weighted by molar-refractivity contribution is -0.121. The van der Waals surface area contributed by atoms with E-state index >= 15 is 0 Å². The molecule has 0 aliphatic carbocycles. The number of carbonyl (C=O) groups is 1. The zero-order valence-electron chi connectivity index (χ0n) is 13.6. The normalized spacial score (nSPS) is 10.9. The molecule has 1 N–H and O–H groups in total. The lowest BCUT2D eigenvalue weighted by Gasteiger charge is -2.03. The Balaban J connectivity index is 1.42. The van der Waals surface area contributed by atoms with E-state index in [4.69, 9.17) is 4.42 Å². The molecule has 4 aromatic rings. The average Bonchev–Trinajstić information content (AvgIpc) is 3.26. The van der Waals surface area contributed by atoms with Crippen LogP contribution in [0.5, 0.6) is 0 Å². The van der Waals surface area contributed by atoms with Crippen molar-refractivity contribution in [3.8, 4) is 5.69 Å². The highest BCUT2D eigenvalue weighted by Crippen LogP contribution is 2.11. The molecule has 0 fully saturated rings. The molecule has 0 aliphatic rings. The van der Waals surface area contributed by atoms with Gasteiger partial charge in [-0.15, -0.1) is 5.10 Å². The van der Waals surface area contributed by atoms with Gasteiger partial charge < -0.3 is 9.73 Å². The number of carbonyl (C=O) groups excluding carboxylic acids is 1. The Kier molecular flexibility index (Phi) is 4.02. The van der Waals surface area contributed by atoms with Crippen LogP contribution in [0.15, 0.2) is 64.2 Å². The second kappa shape index (κ2) is 6.63. The van der Waals surface area contributed by atoms with Gasteiger partial charge in [-0.25, -0.2) is 9.48 Å². The third-order valence-electron chi connectivity index (χ3n) is 3.81. The van der Waals surface area contributed by atoms with Crippen molar-refractivity contribution in [1.82, 2.24) is 29.9 Å². The van der Waals surface area contributed by atoms with E-state index in [-0.39, 0.29) is 19.0 Å². The molecule has 0 saturated carbocycles. The van der Waals surface area contributed by atoms with Crippen molar-refractivity contribution in [3.05, 3.63) is 71.2 Å². The topological polar surface area (TPSA) is 108 Å². The molecule has 0 radical (unpaired) electrons. The second-order valence-electron chi connectivity index (χ2n) is 5.56. The maximum atomic E-state index is 12.2. The van der Waals surface area contributed by atoms with E-state index in [1.807, 2.05) is 0 Å². The number of aromatic nitrogens is 5. The fourth-order valence-corrected chi connectivity index (χ4v) is 2.55. The number of hydrogen-bond donors (Lipinski definition) is 1. The van der Waals surface area contributed by atoms with Crippen LogP contribution in [0.2, 0.25) is 0 Å². The van der Waals surface area contributed by atoms with E-state index in [1.165, 1.54) is 4.57 Å². The fraction of sp³-hybridized carbons (Fsp3) is 0.118. The zero-order valence-corrected chi connectivity index (χ0v) is 13.6. The molecule has 0 bridgehead atoms. The monoisotopic (exact) mass is 350 g/mol. The van der Waals surface area contributed by atoms with Gasteiger partial charge in [0.05, 0.1) is 23.9 Å². The minimum Gasteiger partial charge on any atom is -0.408 e. The minimum atomic E-state index is -0.565. The van der Waals surface area contributed by atoms with Gasteiger partial charge in [-0.2, -0.15) is 0 Å². The number of benzene rings is 1. The van der Waals surface area contributed by atoms with Crippen LogP contribution in [-0.2, 0) is 17.9 Å². The molecule has 3 heterocycles. The van der Waals surface area contributed by atoms with Crippen LogP contribution in [-0.4, -0.2) is 30.5 Å². The summed E-state index contributed by atoms with van der Waals surface area (Å²) in [5, 5.41) is 10.8. The van der Waals surface area contributed by atoms with Crippen LogP contribution in [0, 0.1) is 0 Å². The summed E-state index contributed by atoms with van der Waals surface area (Å²) in [6.07, 6.45) is 5.03. The van der Waals surface area contributed by atoms with Crippen molar-refractivity contribution in [2.75, 3.05) is 0 Å². The van der Waals surface area contributed by atoms with Gasteiger partial charge in [0, 0.05) is 12.4 Å². The van der Waals surface area contributed by atoms with Crippen LogP contribution >= 0.6 is 0 Å². The lowest BCUT2D eigenvalue weighted by atomic mass is 10.3. The van der Waals surface area contributed by atoms with E-state index in [9.17, 15) is 9.59 Å². The minimum absolute atomic E-state index is 0.131. The summed E-state index contributed by atoms with van der Waals surface area (Å²) < 4.78 is 8.00. The zero-order chi connectivity index (χ0) is 17.9. The summed E-state index contributed by atoms with van der Waals surface area (Å²) in [6.45, 7) is 0.0722. The molecule has 26 heavy (non-hydrogen) atoms. The number of oxazole rings is 1. The van der Waals surface area contributed by atoms with Gasteiger partial charge in [-0.05, 0) is 24.3 Å². The van der Waals surface area contributed by atoms with E-state index in [0.717, 1.165) is 5.69 Å². The van der Waals surface area contributed by atoms with Crippen LogP contribution in [0.1, 0.15) is 5.69 Å². The smallest absolute Gasteiger partial charge is 0.408 e. The molecule has 0 aliphatic heterocycles. The van der Waals surface area contributed by atoms with Gasteiger partial charge in [-0.3, -0.25) is 14.3 Å². The Morgan fingerprint density at radius 1 is 1.15 bits per heavy atom. The first-order valence-corrected chi connectivity index (χ1v) is 7.87.